The van der Waals surface area contributed by atoms with Crippen LogP contribution >= 0.6 is 0 Å². The molecule has 0 aromatic heterocycles. The molecule has 0 radical (unpaired) electrons. The number of carbonyl (C=O) groups excluding carboxylic acids is 2. The summed E-state index contributed by atoms with van der Waals surface area (Å²) in [5.74, 6) is -0.673. The van der Waals surface area contributed by atoms with Crippen molar-refractivity contribution in [2.24, 2.45) is 0 Å². The molecule has 2 rings (SSSR count). The largest absolute Gasteiger partial charge is 0.452 e. The number of benzene rings is 2. The lowest BCUT2D eigenvalue weighted by Gasteiger charge is -2.21. The highest BCUT2D eigenvalue weighted by molar-refractivity contribution is 5.84. The number of hydrogen-bond acceptors (Lipinski definition) is 3. The summed E-state index contributed by atoms with van der Waals surface area (Å²) in [4.78, 5) is 24.5. The molecule has 0 unspecified atom stereocenters. The quantitative estimate of drug-likeness (QED) is 0.726. The molecule has 26 heavy (non-hydrogen) atoms. The lowest BCUT2D eigenvalue weighted by molar-refractivity contribution is -0.154. The van der Waals surface area contributed by atoms with Gasteiger partial charge in [-0.25, -0.2) is 0 Å². The summed E-state index contributed by atoms with van der Waals surface area (Å²) in [6.07, 6.45) is 1.12. The average Bonchev–Trinajstić information content (AvgIpc) is 2.63. The molecule has 2 aromatic rings. The second-order valence-electron chi connectivity index (χ2n) is 6.55. The summed E-state index contributed by atoms with van der Waals surface area (Å²) in [5.41, 5.74) is 3.07. The molecule has 0 fully saturated rings. The molecule has 0 bridgehead atoms. The third-order valence-electron chi connectivity index (χ3n) is 4.24. The molecule has 0 aliphatic rings. The van der Waals surface area contributed by atoms with Crippen LogP contribution in [0.25, 0.3) is 0 Å². The van der Waals surface area contributed by atoms with Crippen molar-refractivity contribution >= 4 is 11.9 Å². The summed E-state index contributed by atoms with van der Waals surface area (Å²) < 4.78 is 5.31. The molecule has 4 heteroatoms. The molecule has 0 heterocycles. The fourth-order valence-electron chi connectivity index (χ4n) is 2.75. The van der Waals surface area contributed by atoms with Gasteiger partial charge in [0.25, 0.3) is 5.91 Å². The normalized spacial score (nSPS) is 12.9. The number of amides is 1. The van der Waals surface area contributed by atoms with Crippen molar-refractivity contribution in [1.29, 1.82) is 0 Å². The van der Waals surface area contributed by atoms with Crippen molar-refractivity contribution in [3.05, 3.63) is 71.3 Å². The molecule has 138 valence electrons. The van der Waals surface area contributed by atoms with Crippen molar-refractivity contribution in [2.45, 2.75) is 52.2 Å². The second-order valence-corrected chi connectivity index (χ2v) is 6.55. The predicted octanol–water partition coefficient (Wildman–Crippen LogP) is 4.13. The van der Waals surface area contributed by atoms with Gasteiger partial charge < -0.3 is 10.1 Å². The van der Waals surface area contributed by atoms with Crippen LogP contribution in [0.5, 0.6) is 0 Å². The van der Waals surface area contributed by atoms with E-state index in [1.807, 2.05) is 61.5 Å². The van der Waals surface area contributed by atoms with E-state index in [-0.39, 0.29) is 18.4 Å². The van der Waals surface area contributed by atoms with Crippen LogP contribution < -0.4 is 5.32 Å². The Balaban J connectivity index is 1.90. The van der Waals surface area contributed by atoms with Gasteiger partial charge in [-0.05, 0) is 31.4 Å². The standard InChI is InChI=1S/C22H27NO3/c1-4-8-20(19-9-6-5-7-10-19)23-22(25)17(3)26-21(24)15-18-13-11-16(2)12-14-18/h5-7,9-14,17,20H,4,8,15H2,1-3H3,(H,23,25)/t17-,20-/m1/s1. The van der Waals surface area contributed by atoms with Crippen molar-refractivity contribution in [3.63, 3.8) is 0 Å². The molecule has 4 nitrogen and oxygen atoms in total. The van der Waals surface area contributed by atoms with Gasteiger partial charge >= 0.3 is 5.97 Å². The summed E-state index contributed by atoms with van der Waals surface area (Å²) in [6.45, 7) is 5.68. The summed E-state index contributed by atoms with van der Waals surface area (Å²) >= 11 is 0. The van der Waals surface area contributed by atoms with E-state index < -0.39 is 12.1 Å². The van der Waals surface area contributed by atoms with E-state index >= 15 is 0 Å². The van der Waals surface area contributed by atoms with Gasteiger partial charge in [0.2, 0.25) is 0 Å². The molecule has 1 N–H and O–H groups in total. The number of ether oxygens (including phenoxy) is 1. The van der Waals surface area contributed by atoms with Gasteiger partial charge in [0, 0.05) is 0 Å². The van der Waals surface area contributed by atoms with Crippen LogP contribution in [0, 0.1) is 6.92 Å². The van der Waals surface area contributed by atoms with Crippen LogP contribution in [0.3, 0.4) is 0 Å². The number of esters is 1. The zero-order chi connectivity index (χ0) is 18.9. The second kappa shape index (κ2) is 9.76. The molecule has 0 saturated heterocycles. The maximum Gasteiger partial charge on any atom is 0.311 e. The van der Waals surface area contributed by atoms with Crippen molar-refractivity contribution in [1.82, 2.24) is 5.32 Å². The molecule has 0 aliphatic carbocycles. The fraction of sp³-hybridized carbons (Fsp3) is 0.364. The van der Waals surface area contributed by atoms with Gasteiger partial charge in [-0.1, -0.05) is 73.5 Å². The van der Waals surface area contributed by atoms with E-state index in [4.69, 9.17) is 4.74 Å². The molecule has 2 atom stereocenters. The van der Waals surface area contributed by atoms with E-state index in [9.17, 15) is 9.59 Å². The Kier molecular flexibility index (Phi) is 7.39. The van der Waals surface area contributed by atoms with E-state index in [2.05, 4.69) is 12.2 Å². The lowest BCUT2D eigenvalue weighted by atomic mass is 10.0. The first-order chi connectivity index (χ1) is 12.5. The number of carbonyl (C=O) groups is 2. The Morgan fingerprint density at radius 2 is 1.69 bits per heavy atom. The van der Waals surface area contributed by atoms with E-state index in [1.54, 1.807) is 6.92 Å². The third kappa shape index (κ3) is 6.03. The van der Waals surface area contributed by atoms with Gasteiger partial charge in [-0.3, -0.25) is 9.59 Å². The number of nitrogens with one attached hydrogen (secondary N) is 1. The first-order valence-electron chi connectivity index (χ1n) is 9.10. The summed E-state index contributed by atoms with van der Waals surface area (Å²) in [5, 5.41) is 2.99. The van der Waals surface area contributed by atoms with Crippen LogP contribution in [0.1, 0.15) is 49.4 Å². The van der Waals surface area contributed by atoms with Gasteiger partial charge in [0.1, 0.15) is 0 Å². The molecule has 0 aliphatic heterocycles. The van der Waals surface area contributed by atoms with E-state index in [0.717, 1.165) is 29.5 Å². The SMILES string of the molecule is CCC[C@@H](NC(=O)[C@@H](C)OC(=O)Cc1ccc(C)cc1)c1ccccc1. The van der Waals surface area contributed by atoms with Crippen molar-refractivity contribution in [3.8, 4) is 0 Å². The fourth-order valence-corrected chi connectivity index (χ4v) is 2.75. The topological polar surface area (TPSA) is 55.4 Å². The zero-order valence-electron chi connectivity index (χ0n) is 15.7. The van der Waals surface area contributed by atoms with E-state index in [0.29, 0.717) is 0 Å². The van der Waals surface area contributed by atoms with Crippen molar-refractivity contribution in [2.75, 3.05) is 0 Å². The Hall–Kier alpha value is -2.62. The minimum absolute atomic E-state index is 0.0769. The van der Waals surface area contributed by atoms with Gasteiger partial charge in [-0.2, -0.15) is 0 Å². The first-order valence-corrected chi connectivity index (χ1v) is 9.10. The van der Waals surface area contributed by atoms with Crippen LogP contribution in [0.2, 0.25) is 0 Å². The predicted molar refractivity (Wildman–Crippen MR) is 103 cm³/mol. The van der Waals surface area contributed by atoms with Crippen LogP contribution in [0.15, 0.2) is 54.6 Å². The van der Waals surface area contributed by atoms with Crippen molar-refractivity contribution < 1.29 is 14.3 Å². The third-order valence-corrected chi connectivity index (χ3v) is 4.24. The van der Waals surface area contributed by atoms with Crippen LogP contribution in [-0.4, -0.2) is 18.0 Å². The van der Waals surface area contributed by atoms with E-state index in [1.165, 1.54) is 0 Å². The summed E-state index contributed by atoms with van der Waals surface area (Å²) in [6, 6.07) is 17.5. The lowest BCUT2D eigenvalue weighted by Crippen LogP contribution is -2.38. The molecule has 0 spiro atoms. The number of hydrogen-bond donors (Lipinski definition) is 1. The van der Waals surface area contributed by atoms with Gasteiger partial charge in [-0.15, -0.1) is 0 Å². The molecule has 0 saturated carbocycles. The minimum Gasteiger partial charge on any atom is -0.452 e. The molecule has 1 amide bonds. The molecular formula is C22H27NO3. The Bertz CT molecular complexity index is 710. The van der Waals surface area contributed by atoms with Crippen LogP contribution in [0.4, 0.5) is 0 Å². The average molecular weight is 353 g/mol. The monoisotopic (exact) mass is 353 g/mol. The Morgan fingerprint density at radius 3 is 2.31 bits per heavy atom. The van der Waals surface area contributed by atoms with Crippen LogP contribution in [-0.2, 0) is 20.7 Å². The highest BCUT2D eigenvalue weighted by Crippen LogP contribution is 2.18. The smallest absolute Gasteiger partial charge is 0.311 e. The maximum absolute atomic E-state index is 12.4. The molecular weight excluding hydrogens is 326 g/mol. The number of aryl methyl sites for hydroxylation is 1. The van der Waals surface area contributed by atoms with Gasteiger partial charge in [0.15, 0.2) is 6.10 Å². The highest BCUT2D eigenvalue weighted by atomic mass is 16.5. The summed E-state index contributed by atoms with van der Waals surface area (Å²) in [7, 11) is 0. The molecule has 2 aromatic carbocycles. The Morgan fingerprint density at radius 1 is 1.04 bits per heavy atom. The highest BCUT2D eigenvalue weighted by Gasteiger charge is 2.21. The Labute approximate surface area is 155 Å². The minimum atomic E-state index is -0.823. The zero-order valence-corrected chi connectivity index (χ0v) is 15.7. The van der Waals surface area contributed by atoms with Gasteiger partial charge in [0.05, 0.1) is 12.5 Å². The number of rotatable bonds is 8. The maximum atomic E-state index is 12.4. The first kappa shape index (κ1) is 19.7.